The fourth-order valence-electron chi connectivity index (χ4n) is 4.39. The molecule has 0 spiro atoms. The minimum atomic E-state index is -0.902. The first kappa shape index (κ1) is 19.5. The molecular formula is C23H22NO5. The summed E-state index contributed by atoms with van der Waals surface area (Å²) in [5.41, 5.74) is -0.659. The third-order valence-corrected chi connectivity index (χ3v) is 5.97. The SMILES string of the molecule is CC1(C)CC(OC(=O)c2cccc3c2C(=O)c2ccccc2C3=O)C(C)(C)N1[O]. The van der Waals surface area contributed by atoms with Gasteiger partial charge in [-0.2, -0.15) is 0 Å². The largest absolute Gasteiger partial charge is 0.457 e. The molecule has 2 aliphatic rings. The molecule has 1 radical (unpaired) electrons. The second-order valence-electron chi connectivity index (χ2n) is 8.79. The van der Waals surface area contributed by atoms with E-state index < -0.39 is 23.2 Å². The number of hydrogen-bond donors (Lipinski definition) is 0. The van der Waals surface area contributed by atoms with Crippen LogP contribution in [0.15, 0.2) is 42.5 Å². The average Bonchev–Trinajstić information content (AvgIpc) is 2.84. The highest BCUT2D eigenvalue weighted by atomic mass is 16.6. The van der Waals surface area contributed by atoms with E-state index in [-0.39, 0.29) is 33.8 Å². The van der Waals surface area contributed by atoms with Crippen molar-refractivity contribution in [3.8, 4) is 0 Å². The van der Waals surface area contributed by atoms with E-state index in [9.17, 15) is 19.6 Å². The lowest BCUT2D eigenvalue weighted by atomic mass is 9.82. The Hall–Kier alpha value is -2.83. The molecule has 1 saturated heterocycles. The van der Waals surface area contributed by atoms with E-state index in [2.05, 4.69) is 0 Å². The molecule has 1 unspecified atom stereocenters. The Kier molecular flexibility index (Phi) is 4.26. The number of esters is 1. The number of fused-ring (bicyclic) bond motifs is 2. The first-order valence-electron chi connectivity index (χ1n) is 9.55. The van der Waals surface area contributed by atoms with E-state index in [1.807, 2.05) is 0 Å². The maximum absolute atomic E-state index is 13.1. The molecule has 149 valence electrons. The summed E-state index contributed by atoms with van der Waals surface area (Å²) in [5, 5.41) is 13.5. The highest BCUT2D eigenvalue weighted by Gasteiger charge is 2.54. The van der Waals surface area contributed by atoms with Crippen molar-refractivity contribution >= 4 is 17.5 Å². The third-order valence-electron chi connectivity index (χ3n) is 5.97. The lowest BCUT2D eigenvalue weighted by molar-refractivity contribution is -0.251. The molecule has 2 aromatic carbocycles. The van der Waals surface area contributed by atoms with Crippen LogP contribution in [0.25, 0.3) is 0 Å². The van der Waals surface area contributed by atoms with Crippen molar-refractivity contribution in [1.82, 2.24) is 5.06 Å². The van der Waals surface area contributed by atoms with Crippen molar-refractivity contribution < 1.29 is 24.3 Å². The molecule has 0 bridgehead atoms. The molecule has 2 aromatic rings. The van der Waals surface area contributed by atoms with E-state index >= 15 is 0 Å². The number of ether oxygens (including phenoxy) is 1. The summed E-state index contributed by atoms with van der Waals surface area (Å²) < 4.78 is 5.71. The van der Waals surface area contributed by atoms with Crippen LogP contribution in [0, 0.1) is 0 Å². The van der Waals surface area contributed by atoms with E-state index in [4.69, 9.17) is 4.74 Å². The Morgan fingerprint density at radius 2 is 1.52 bits per heavy atom. The quantitative estimate of drug-likeness (QED) is 0.622. The molecule has 1 aliphatic heterocycles. The zero-order valence-electron chi connectivity index (χ0n) is 16.8. The number of nitrogens with zero attached hydrogens (tertiary/aromatic N) is 1. The Balaban J connectivity index is 1.72. The van der Waals surface area contributed by atoms with E-state index in [1.165, 1.54) is 6.07 Å². The third kappa shape index (κ3) is 2.82. The van der Waals surface area contributed by atoms with Gasteiger partial charge in [-0.05, 0) is 33.8 Å². The summed E-state index contributed by atoms with van der Waals surface area (Å²) in [7, 11) is 0. The van der Waals surface area contributed by atoms with Gasteiger partial charge in [-0.1, -0.05) is 36.4 Å². The van der Waals surface area contributed by atoms with Crippen LogP contribution in [0.3, 0.4) is 0 Å². The summed E-state index contributed by atoms with van der Waals surface area (Å²) in [5.74, 6) is -1.37. The minimum absolute atomic E-state index is 0.0494. The van der Waals surface area contributed by atoms with Crippen LogP contribution in [0.5, 0.6) is 0 Å². The molecule has 0 aromatic heterocycles. The highest BCUT2D eigenvalue weighted by molar-refractivity contribution is 6.30. The standard InChI is InChI=1S/C23H22NO5/c1-22(2)12-17(23(3,4)24(22)28)29-21(27)16-11-7-10-15-18(16)20(26)14-9-6-5-8-13(14)19(15)25/h5-11,17H,12H2,1-4H3. The fraction of sp³-hybridized carbons (Fsp3) is 0.348. The van der Waals surface area contributed by atoms with Crippen LogP contribution in [0.2, 0.25) is 0 Å². The van der Waals surface area contributed by atoms with Crippen molar-refractivity contribution in [3.63, 3.8) is 0 Å². The molecule has 4 rings (SSSR count). The summed E-state index contributed by atoms with van der Waals surface area (Å²) in [4.78, 5) is 39.0. The van der Waals surface area contributed by atoms with Crippen molar-refractivity contribution in [2.75, 3.05) is 0 Å². The van der Waals surface area contributed by atoms with Gasteiger partial charge in [-0.25, -0.2) is 4.79 Å². The summed E-state index contributed by atoms with van der Waals surface area (Å²) >= 11 is 0. The van der Waals surface area contributed by atoms with E-state index in [0.29, 0.717) is 12.0 Å². The number of rotatable bonds is 2. The molecular weight excluding hydrogens is 370 g/mol. The van der Waals surface area contributed by atoms with Gasteiger partial charge in [0.1, 0.15) is 6.10 Å². The van der Waals surface area contributed by atoms with Crippen molar-refractivity contribution in [2.45, 2.75) is 51.3 Å². The first-order valence-corrected chi connectivity index (χ1v) is 9.55. The smallest absolute Gasteiger partial charge is 0.339 e. The zero-order chi connectivity index (χ0) is 21.1. The Morgan fingerprint density at radius 1 is 0.931 bits per heavy atom. The maximum atomic E-state index is 13.1. The molecule has 0 amide bonds. The van der Waals surface area contributed by atoms with Crippen LogP contribution in [0.1, 0.15) is 76.3 Å². The molecule has 0 N–H and O–H groups in total. The normalized spacial score (nSPS) is 22.2. The van der Waals surface area contributed by atoms with E-state index in [1.54, 1.807) is 64.1 Å². The van der Waals surface area contributed by atoms with Gasteiger partial charge in [0.15, 0.2) is 11.6 Å². The lowest BCUT2D eigenvalue weighted by Crippen LogP contribution is -2.48. The molecule has 29 heavy (non-hydrogen) atoms. The first-order chi connectivity index (χ1) is 13.6. The minimum Gasteiger partial charge on any atom is -0.457 e. The van der Waals surface area contributed by atoms with Gasteiger partial charge in [-0.15, -0.1) is 10.3 Å². The molecule has 1 fully saturated rings. The topological polar surface area (TPSA) is 83.6 Å². The van der Waals surface area contributed by atoms with Crippen LogP contribution in [-0.2, 0) is 9.94 Å². The van der Waals surface area contributed by atoms with Crippen molar-refractivity contribution in [2.24, 2.45) is 0 Å². The Bertz CT molecular complexity index is 1050. The second-order valence-corrected chi connectivity index (χ2v) is 8.79. The van der Waals surface area contributed by atoms with Gasteiger partial charge in [-0.3, -0.25) is 9.59 Å². The van der Waals surface area contributed by atoms with Gasteiger partial charge in [0.25, 0.3) is 0 Å². The maximum Gasteiger partial charge on any atom is 0.339 e. The van der Waals surface area contributed by atoms with Crippen LogP contribution in [0.4, 0.5) is 0 Å². The number of benzene rings is 2. The highest BCUT2D eigenvalue weighted by Crippen LogP contribution is 2.41. The summed E-state index contributed by atoms with van der Waals surface area (Å²) in [6.45, 7) is 7.08. The van der Waals surface area contributed by atoms with Crippen molar-refractivity contribution in [3.05, 3.63) is 70.3 Å². The molecule has 1 aliphatic carbocycles. The van der Waals surface area contributed by atoms with Gasteiger partial charge in [0.2, 0.25) is 0 Å². The summed E-state index contributed by atoms with van der Waals surface area (Å²) in [6, 6.07) is 11.2. The van der Waals surface area contributed by atoms with Crippen LogP contribution in [-0.4, -0.2) is 39.8 Å². The number of hydroxylamine groups is 2. The molecule has 0 saturated carbocycles. The second kappa shape index (κ2) is 6.34. The van der Waals surface area contributed by atoms with Crippen molar-refractivity contribution in [1.29, 1.82) is 0 Å². The van der Waals surface area contributed by atoms with Gasteiger partial charge in [0.05, 0.1) is 11.1 Å². The number of carbonyl (C=O) groups is 3. The average molecular weight is 392 g/mol. The fourth-order valence-corrected chi connectivity index (χ4v) is 4.39. The number of ketones is 2. The van der Waals surface area contributed by atoms with Crippen LogP contribution >= 0.6 is 0 Å². The van der Waals surface area contributed by atoms with E-state index in [0.717, 1.165) is 5.06 Å². The Morgan fingerprint density at radius 3 is 2.10 bits per heavy atom. The molecule has 1 heterocycles. The predicted molar refractivity (Wildman–Crippen MR) is 104 cm³/mol. The van der Waals surface area contributed by atoms with Gasteiger partial charge >= 0.3 is 5.97 Å². The van der Waals surface area contributed by atoms with Gasteiger partial charge < -0.3 is 4.74 Å². The molecule has 6 nitrogen and oxygen atoms in total. The van der Waals surface area contributed by atoms with Gasteiger partial charge in [0, 0.05) is 34.2 Å². The number of carbonyl (C=O) groups excluding carboxylic acids is 3. The number of hydrogen-bond acceptors (Lipinski definition) is 5. The predicted octanol–water partition coefficient (Wildman–Crippen LogP) is 3.60. The zero-order valence-corrected chi connectivity index (χ0v) is 16.8. The lowest BCUT2D eigenvalue weighted by Gasteiger charge is -2.33. The van der Waals surface area contributed by atoms with Crippen LogP contribution < -0.4 is 0 Å². The Labute approximate surface area is 169 Å². The summed E-state index contributed by atoms with van der Waals surface area (Å²) in [6.07, 6.45) is -0.264. The molecule has 1 atom stereocenters. The molecule has 6 heteroatoms. The monoisotopic (exact) mass is 392 g/mol.